The Bertz CT molecular complexity index is 1240. The molecule has 30 heavy (non-hydrogen) atoms. The highest BCUT2D eigenvalue weighted by atomic mass is 32.2. The smallest absolute Gasteiger partial charge is 0.240 e. The molecule has 4 aromatic rings. The van der Waals surface area contributed by atoms with E-state index in [2.05, 4.69) is 30.1 Å². The number of hydrogen-bond acceptors (Lipinski definition) is 8. The molecule has 0 bridgehead atoms. The summed E-state index contributed by atoms with van der Waals surface area (Å²) < 4.78 is 33.4. The van der Waals surface area contributed by atoms with Gasteiger partial charge in [-0.2, -0.15) is 5.10 Å². The van der Waals surface area contributed by atoms with Gasteiger partial charge in [0.15, 0.2) is 5.65 Å². The van der Waals surface area contributed by atoms with Crippen LogP contribution in [0.5, 0.6) is 0 Å². The minimum absolute atomic E-state index is 0.167. The maximum absolute atomic E-state index is 12.2. The van der Waals surface area contributed by atoms with Crippen LogP contribution in [-0.4, -0.2) is 53.2 Å². The van der Waals surface area contributed by atoms with Gasteiger partial charge in [0.2, 0.25) is 16.0 Å². The second kappa shape index (κ2) is 8.53. The molecule has 0 unspecified atom stereocenters. The van der Waals surface area contributed by atoms with E-state index in [4.69, 9.17) is 4.74 Å². The first kappa shape index (κ1) is 19.9. The third kappa shape index (κ3) is 4.27. The van der Waals surface area contributed by atoms with Gasteiger partial charge in [0.05, 0.1) is 23.4 Å². The number of aromatic nitrogens is 5. The molecule has 0 spiro atoms. The highest BCUT2D eigenvalue weighted by molar-refractivity contribution is 7.89. The molecule has 11 heteroatoms. The van der Waals surface area contributed by atoms with Crippen molar-refractivity contribution in [3.05, 3.63) is 61.2 Å². The number of benzene rings is 1. The van der Waals surface area contributed by atoms with E-state index >= 15 is 0 Å². The van der Waals surface area contributed by atoms with Crippen molar-refractivity contribution in [1.82, 2.24) is 29.3 Å². The monoisotopic (exact) mass is 425 g/mol. The third-order valence-electron chi connectivity index (χ3n) is 4.24. The molecule has 10 nitrogen and oxygen atoms in total. The molecule has 3 aromatic heterocycles. The van der Waals surface area contributed by atoms with Crippen molar-refractivity contribution in [1.29, 1.82) is 0 Å². The largest absolute Gasteiger partial charge is 0.383 e. The van der Waals surface area contributed by atoms with Crippen LogP contribution in [0.1, 0.15) is 0 Å². The van der Waals surface area contributed by atoms with Crippen LogP contribution in [-0.2, 0) is 14.8 Å². The molecule has 4 rings (SSSR count). The molecule has 0 atom stereocenters. The molecular weight excluding hydrogens is 406 g/mol. The van der Waals surface area contributed by atoms with E-state index in [1.165, 1.54) is 19.2 Å². The number of methoxy groups -OCH3 is 1. The summed E-state index contributed by atoms with van der Waals surface area (Å²) in [5.41, 5.74) is 2.96. The number of anilines is 2. The van der Waals surface area contributed by atoms with Crippen molar-refractivity contribution < 1.29 is 13.2 Å². The van der Waals surface area contributed by atoms with Crippen LogP contribution in [0.25, 0.3) is 16.9 Å². The first-order valence-corrected chi connectivity index (χ1v) is 10.5. The fourth-order valence-corrected chi connectivity index (χ4v) is 3.77. The van der Waals surface area contributed by atoms with Crippen LogP contribution in [0, 0.1) is 0 Å². The van der Waals surface area contributed by atoms with Crippen LogP contribution < -0.4 is 10.0 Å². The quantitative estimate of drug-likeness (QED) is 0.410. The zero-order valence-electron chi connectivity index (χ0n) is 16.1. The molecule has 154 valence electrons. The fraction of sp³-hybridized carbons (Fsp3) is 0.158. The first-order chi connectivity index (χ1) is 14.6. The Morgan fingerprint density at radius 3 is 2.53 bits per heavy atom. The normalized spacial score (nSPS) is 11.6. The number of imidazole rings is 1. The minimum Gasteiger partial charge on any atom is -0.383 e. The second-order valence-electron chi connectivity index (χ2n) is 6.27. The Balaban J connectivity index is 1.46. The summed E-state index contributed by atoms with van der Waals surface area (Å²) in [6.45, 7) is 0.512. The Kier molecular flexibility index (Phi) is 5.65. The SMILES string of the molecule is COCCNS(=O)(=O)c1ccc(Nc2ncc(-c3cnc4cccnn34)cn2)cc1. The maximum Gasteiger partial charge on any atom is 0.240 e. The predicted molar refractivity (Wildman–Crippen MR) is 111 cm³/mol. The number of ether oxygens (including phenoxy) is 1. The summed E-state index contributed by atoms with van der Waals surface area (Å²) in [5.74, 6) is 0.384. The standard InChI is InChI=1S/C19H19N7O3S/c1-29-10-9-24-30(27,28)16-6-4-15(5-7-16)25-19-21-11-14(12-22-19)17-13-20-18-3-2-8-23-26(17)18/h2-8,11-13,24H,9-10H2,1H3,(H,21,22,25). The number of hydrogen-bond donors (Lipinski definition) is 2. The average Bonchev–Trinajstić information content (AvgIpc) is 3.19. The van der Waals surface area contributed by atoms with Gasteiger partial charge in [-0.15, -0.1) is 0 Å². The topological polar surface area (TPSA) is 123 Å². The van der Waals surface area contributed by atoms with Crippen molar-refractivity contribution >= 4 is 27.3 Å². The summed E-state index contributed by atoms with van der Waals surface area (Å²) in [5, 5.41) is 7.33. The van der Waals surface area contributed by atoms with Crippen molar-refractivity contribution in [3.8, 4) is 11.3 Å². The molecule has 3 heterocycles. The van der Waals surface area contributed by atoms with Crippen molar-refractivity contribution in [2.45, 2.75) is 4.90 Å². The third-order valence-corrected chi connectivity index (χ3v) is 5.72. The lowest BCUT2D eigenvalue weighted by Crippen LogP contribution is -2.27. The van der Waals surface area contributed by atoms with Gasteiger partial charge in [-0.3, -0.25) is 0 Å². The Morgan fingerprint density at radius 1 is 1.03 bits per heavy atom. The number of sulfonamides is 1. The number of nitrogens with zero attached hydrogens (tertiary/aromatic N) is 5. The van der Waals surface area contributed by atoms with Gasteiger partial charge in [0, 0.05) is 43.5 Å². The molecule has 2 N–H and O–H groups in total. The van der Waals surface area contributed by atoms with E-state index in [1.807, 2.05) is 12.1 Å². The van der Waals surface area contributed by atoms with Crippen LogP contribution in [0.3, 0.4) is 0 Å². The van der Waals surface area contributed by atoms with Gasteiger partial charge in [0.25, 0.3) is 0 Å². The van der Waals surface area contributed by atoms with Crippen molar-refractivity contribution in [3.63, 3.8) is 0 Å². The van der Waals surface area contributed by atoms with Crippen LogP contribution in [0.15, 0.2) is 66.1 Å². The fourth-order valence-electron chi connectivity index (χ4n) is 2.76. The van der Waals surface area contributed by atoms with Gasteiger partial charge < -0.3 is 10.1 Å². The summed E-state index contributed by atoms with van der Waals surface area (Å²) in [7, 11) is -2.06. The van der Waals surface area contributed by atoms with Gasteiger partial charge in [-0.1, -0.05) is 0 Å². The Morgan fingerprint density at radius 2 is 1.80 bits per heavy atom. The van der Waals surface area contributed by atoms with Crippen LogP contribution in [0.2, 0.25) is 0 Å². The number of fused-ring (bicyclic) bond motifs is 1. The summed E-state index contributed by atoms with van der Waals surface area (Å²) >= 11 is 0. The van der Waals surface area contributed by atoms with Crippen molar-refractivity contribution in [2.75, 3.05) is 25.6 Å². The van der Waals surface area contributed by atoms with Crippen LogP contribution in [0.4, 0.5) is 11.6 Å². The zero-order valence-corrected chi connectivity index (χ0v) is 16.9. The maximum atomic E-state index is 12.2. The Labute approximate surface area is 173 Å². The number of rotatable bonds is 8. The summed E-state index contributed by atoms with van der Waals surface area (Å²) in [6, 6.07) is 10.0. The molecule has 1 aromatic carbocycles. The molecule has 0 saturated carbocycles. The molecular formula is C19H19N7O3S. The second-order valence-corrected chi connectivity index (χ2v) is 8.04. The van der Waals surface area contributed by atoms with E-state index in [0.29, 0.717) is 18.2 Å². The zero-order chi connectivity index (χ0) is 21.0. The molecule has 0 aliphatic rings. The van der Waals surface area contributed by atoms with Gasteiger partial charge in [-0.05, 0) is 36.4 Å². The summed E-state index contributed by atoms with van der Waals surface area (Å²) in [6.07, 6.45) is 6.75. The molecule has 0 fully saturated rings. The van der Waals surface area contributed by atoms with E-state index in [1.54, 1.807) is 41.4 Å². The highest BCUT2D eigenvalue weighted by Gasteiger charge is 2.13. The Hall–Kier alpha value is -3.41. The van der Waals surface area contributed by atoms with Crippen LogP contribution >= 0.6 is 0 Å². The van der Waals surface area contributed by atoms with E-state index in [-0.39, 0.29) is 11.4 Å². The average molecular weight is 425 g/mol. The van der Waals surface area contributed by atoms with E-state index < -0.39 is 10.0 Å². The predicted octanol–water partition coefficient (Wildman–Crippen LogP) is 1.85. The van der Waals surface area contributed by atoms with Gasteiger partial charge in [0.1, 0.15) is 0 Å². The van der Waals surface area contributed by atoms with E-state index in [9.17, 15) is 8.42 Å². The molecule has 0 aliphatic carbocycles. The lowest BCUT2D eigenvalue weighted by atomic mass is 10.3. The summed E-state index contributed by atoms with van der Waals surface area (Å²) in [4.78, 5) is 13.1. The molecule has 0 saturated heterocycles. The molecule has 0 radical (unpaired) electrons. The van der Waals surface area contributed by atoms with E-state index in [0.717, 1.165) is 16.9 Å². The molecule has 0 amide bonds. The lowest BCUT2D eigenvalue weighted by Gasteiger charge is -2.08. The minimum atomic E-state index is -3.57. The number of nitrogens with one attached hydrogen (secondary N) is 2. The van der Waals surface area contributed by atoms with Gasteiger partial charge in [-0.25, -0.2) is 32.6 Å². The first-order valence-electron chi connectivity index (χ1n) is 9.04. The molecule has 0 aliphatic heterocycles. The van der Waals surface area contributed by atoms with Gasteiger partial charge >= 0.3 is 0 Å². The van der Waals surface area contributed by atoms with Crippen molar-refractivity contribution in [2.24, 2.45) is 0 Å². The lowest BCUT2D eigenvalue weighted by molar-refractivity contribution is 0.204. The highest BCUT2D eigenvalue weighted by Crippen LogP contribution is 2.20.